The number of halogens is 4. The predicted molar refractivity (Wildman–Crippen MR) is 144 cm³/mol. The number of carbonyl (C=O) groups is 1. The van der Waals surface area contributed by atoms with Crippen LogP contribution in [-0.2, 0) is 20.8 Å². The number of hydrogen-bond acceptors (Lipinski definition) is 8. The van der Waals surface area contributed by atoms with Crippen molar-refractivity contribution in [3.05, 3.63) is 47.0 Å². The number of hydrogen-bond donors (Lipinski definition) is 3. The van der Waals surface area contributed by atoms with Gasteiger partial charge in [-0.05, 0) is 63.4 Å². The van der Waals surface area contributed by atoms with E-state index in [2.05, 4.69) is 20.5 Å². The molecule has 1 fully saturated rings. The number of benzene rings is 2. The smallest absolute Gasteiger partial charge is 0.417 e. The van der Waals surface area contributed by atoms with Crippen molar-refractivity contribution in [2.45, 2.75) is 56.3 Å². The van der Waals surface area contributed by atoms with Gasteiger partial charge in [0, 0.05) is 23.8 Å². The van der Waals surface area contributed by atoms with E-state index in [1.165, 1.54) is 35.2 Å². The molecular formula is C25H28ClF3N6O4S. The fraction of sp³-hybridized carbons (Fsp3) is 0.400. The Morgan fingerprint density at radius 3 is 2.48 bits per heavy atom. The van der Waals surface area contributed by atoms with E-state index in [9.17, 15) is 26.4 Å². The van der Waals surface area contributed by atoms with Gasteiger partial charge in [-0.15, -0.1) is 5.10 Å². The zero-order valence-electron chi connectivity index (χ0n) is 21.8. The molecule has 1 aromatic heterocycles. The zero-order chi connectivity index (χ0) is 29.5. The lowest BCUT2D eigenvalue weighted by Crippen LogP contribution is -2.42. The Morgan fingerprint density at radius 2 is 1.90 bits per heavy atom. The minimum atomic E-state index is -4.78. The van der Waals surface area contributed by atoms with E-state index < -0.39 is 39.3 Å². The van der Waals surface area contributed by atoms with E-state index in [0.717, 1.165) is 6.07 Å². The largest absolute Gasteiger partial charge is 0.444 e. The van der Waals surface area contributed by atoms with E-state index in [4.69, 9.17) is 22.1 Å². The van der Waals surface area contributed by atoms with E-state index >= 15 is 0 Å². The maximum absolute atomic E-state index is 14.1. The highest BCUT2D eigenvalue weighted by Gasteiger charge is 2.37. The van der Waals surface area contributed by atoms with E-state index in [1.54, 1.807) is 20.8 Å². The van der Waals surface area contributed by atoms with Gasteiger partial charge in [0.15, 0.2) is 9.84 Å². The highest BCUT2D eigenvalue weighted by atomic mass is 35.5. The van der Waals surface area contributed by atoms with Crippen LogP contribution in [0.5, 0.6) is 0 Å². The van der Waals surface area contributed by atoms with Crippen LogP contribution < -0.4 is 11.1 Å². The molecule has 4 N–H and O–H groups in total. The quantitative estimate of drug-likeness (QED) is 0.330. The van der Waals surface area contributed by atoms with Crippen molar-refractivity contribution in [2.24, 2.45) is 0 Å². The predicted octanol–water partition coefficient (Wildman–Crippen LogP) is 5.64. The van der Waals surface area contributed by atoms with Gasteiger partial charge in [-0.25, -0.2) is 18.3 Å². The second-order valence-corrected chi connectivity index (χ2v) is 12.8. The Kier molecular flexibility index (Phi) is 7.96. The van der Waals surface area contributed by atoms with Crippen LogP contribution >= 0.6 is 11.6 Å². The molecule has 3 aromatic rings. The van der Waals surface area contributed by atoms with Gasteiger partial charge in [0.2, 0.25) is 11.9 Å². The lowest BCUT2D eigenvalue weighted by molar-refractivity contribution is -0.137. The van der Waals surface area contributed by atoms with Crippen molar-refractivity contribution in [1.29, 1.82) is 0 Å². The number of anilines is 3. The molecule has 4 rings (SSSR count). The number of H-pyrrole nitrogens is 1. The van der Waals surface area contributed by atoms with Crippen molar-refractivity contribution >= 4 is 45.1 Å². The molecule has 0 spiro atoms. The molecule has 0 aliphatic carbocycles. The van der Waals surface area contributed by atoms with Gasteiger partial charge in [0.25, 0.3) is 0 Å². The molecule has 0 saturated carbocycles. The summed E-state index contributed by atoms with van der Waals surface area (Å²) in [7, 11) is -3.88. The number of amides is 1. The van der Waals surface area contributed by atoms with Crippen LogP contribution in [0.1, 0.15) is 39.2 Å². The van der Waals surface area contributed by atoms with Crippen LogP contribution in [-0.4, -0.2) is 58.5 Å². The fourth-order valence-electron chi connectivity index (χ4n) is 4.40. The molecule has 15 heteroatoms. The van der Waals surface area contributed by atoms with Gasteiger partial charge in [0.1, 0.15) is 5.60 Å². The molecule has 1 atom stereocenters. The number of nitrogens with two attached hydrogens (primary N) is 1. The summed E-state index contributed by atoms with van der Waals surface area (Å²) >= 11 is 6.30. The van der Waals surface area contributed by atoms with Gasteiger partial charge in [-0.3, -0.25) is 0 Å². The van der Waals surface area contributed by atoms with Gasteiger partial charge in [-0.1, -0.05) is 23.7 Å². The first kappa shape index (κ1) is 29.5. The van der Waals surface area contributed by atoms with Crippen LogP contribution in [0.3, 0.4) is 0 Å². The third-order valence-corrected chi connectivity index (χ3v) is 8.19. The summed E-state index contributed by atoms with van der Waals surface area (Å²) in [6.07, 6.45) is -4.25. The number of ether oxygens (including phenoxy) is 1. The lowest BCUT2D eigenvalue weighted by Gasteiger charge is -2.28. The van der Waals surface area contributed by atoms with Gasteiger partial charge in [0.05, 0.1) is 21.2 Å². The molecule has 10 nitrogen and oxygen atoms in total. The van der Waals surface area contributed by atoms with Gasteiger partial charge < -0.3 is 20.7 Å². The van der Waals surface area contributed by atoms with Crippen LogP contribution in [0.2, 0.25) is 5.02 Å². The number of likely N-dealkylation sites (tertiary alicyclic amines) is 1. The average Bonchev–Trinajstić information content (AvgIpc) is 3.45. The molecule has 2 heterocycles. The highest BCUT2D eigenvalue weighted by molar-refractivity contribution is 7.91. The number of nitrogen functional groups attached to an aromatic ring is 1. The Hall–Kier alpha value is -3.52. The molecular weight excluding hydrogens is 573 g/mol. The monoisotopic (exact) mass is 600 g/mol. The first-order chi connectivity index (χ1) is 18.5. The molecule has 40 heavy (non-hydrogen) atoms. The topological polar surface area (TPSA) is 143 Å². The Bertz CT molecular complexity index is 1500. The molecule has 1 saturated heterocycles. The molecule has 1 amide bonds. The number of alkyl halides is 3. The summed E-state index contributed by atoms with van der Waals surface area (Å²) in [5.74, 6) is -0.412. The summed E-state index contributed by atoms with van der Waals surface area (Å²) in [5.41, 5.74) is 3.41. The summed E-state index contributed by atoms with van der Waals surface area (Å²) in [6, 6.07) is 6.55. The maximum Gasteiger partial charge on any atom is 0.417 e. The third kappa shape index (κ3) is 6.78. The van der Waals surface area contributed by atoms with Crippen molar-refractivity contribution < 1.29 is 31.1 Å². The number of rotatable bonds is 6. The van der Waals surface area contributed by atoms with Crippen LogP contribution in [0.15, 0.2) is 41.3 Å². The molecule has 216 valence electrons. The lowest BCUT2D eigenvalue weighted by atomic mass is 9.98. The van der Waals surface area contributed by atoms with Gasteiger partial charge >= 0.3 is 12.3 Å². The first-order valence-corrected chi connectivity index (χ1v) is 14.2. The second-order valence-electron chi connectivity index (χ2n) is 10.3. The maximum atomic E-state index is 14.1. The Morgan fingerprint density at radius 1 is 1.23 bits per heavy atom. The fourth-order valence-corrected chi connectivity index (χ4v) is 6.33. The number of aromatic nitrogens is 3. The standard InChI is InChI=1S/C25H28ClF3N6O4S/c1-24(2,3)39-23(36)35-10-4-5-16(35)13-40(37,38)17-8-6-14(7-9-17)20-18(25(27,28)29)11-15(12-19(20)26)31-22-32-21(30)33-34-22/h6-9,11-12,16H,4-5,10,13H2,1-3H3,(H4,30,31,32,33,34). The van der Waals surface area contributed by atoms with Crippen LogP contribution in [0.4, 0.5) is 35.5 Å². The minimum absolute atomic E-state index is 0.0228. The molecule has 1 unspecified atom stereocenters. The van der Waals surface area contributed by atoms with E-state index in [-0.39, 0.29) is 44.4 Å². The first-order valence-electron chi connectivity index (χ1n) is 12.2. The number of aromatic amines is 1. The van der Waals surface area contributed by atoms with E-state index in [0.29, 0.717) is 19.4 Å². The molecule has 2 aromatic carbocycles. The second kappa shape index (κ2) is 10.8. The summed E-state index contributed by atoms with van der Waals surface area (Å²) in [4.78, 5) is 17.7. The molecule has 0 bridgehead atoms. The normalized spacial score (nSPS) is 16.3. The summed E-state index contributed by atoms with van der Waals surface area (Å²) in [5, 5.41) is 8.48. The summed E-state index contributed by atoms with van der Waals surface area (Å²) in [6.45, 7) is 5.55. The summed E-state index contributed by atoms with van der Waals surface area (Å²) < 4.78 is 73.9. The molecule has 0 radical (unpaired) electrons. The third-order valence-electron chi connectivity index (χ3n) is 6.07. The number of carbonyl (C=O) groups excluding carboxylic acids is 1. The SMILES string of the molecule is CC(C)(C)OC(=O)N1CCCC1CS(=O)(=O)c1ccc(-c2c(Cl)cc(Nc3n[nH]c(N)n3)cc2C(F)(F)F)cc1. The van der Waals surface area contributed by atoms with Crippen LogP contribution in [0.25, 0.3) is 11.1 Å². The molecule has 1 aliphatic heterocycles. The average molecular weight is 601 g/mol. The van der Waals surface area contributed by atoms with Crippen molar-refractivity contribution in [3.8, 4) is 11.1 Å². The molecule has 1 aliphatic rings. The Balaban J connectivity index is 1.59. The number of sulfone groups is 1. The minimum Gasteiger partial charge on any atom is -0.444 e. The number of nitrogens with zero attached hydrogens (tertiary/aromatic N) is 3. The van der Waals surface area contributed by atoms with Crippen molar-refractivity contribution in [3.63, 3.8) is 0 Å². The van der Waals surface area contributed by atoms with Crippen molar-refractivity contribution in [2.75, 3.05) is 23.3 Å². The number of nitrogens with one attached hydrogen (secondary N) is 2. The van der Waals surface area contributed by atoms with Gasteiger partial charge in [-0.2, -0.15) is 18.2 Å². The van der Waals surface area contributed by atoms with E-state index in [1.807, 2.05) is 0 Å². The highest BCUT2D eigenvalue weighted by Crippen LogP contribution is 2.43. The van der Waals surface area contributed by atoms with Crippen LogP contribution in [0, 0.1) is 0 Å². The van der Waals surface area contributed by atoms with Crippen molar-refractivity contribution in [1.82, 2.24) is 20.1 Å². The Labute approximate surface area is 234 Å². The zero-order valence-corrected chi connectivity index (χ0v) is 23.4.